The average Bonchev–Trinajstić information content (AvgIpc) is 2.89. The molecule has 0 aliphatic carbocycles. The van der Waals surface area contributed by atoms with Gasteiger partial charge < -0.3 is 15.2 Å². The maximum absolute atomic E-state index is 4.68. The molecule has 3 heterocycles. The molecule has 20 heavy (non-hydrogen) atoms. The van der Waals surface area contributed by atoms with Crippen LogP contribution in [-0.4, -0.2) is 39.6 Å². The van der Waals surface area contributed by atoms with Crippen LogP contribution >= 0.6 is 0 Å². The highest BCUT2D eigenvalue weighted by molar-refractivity contribution is 5.84. The summed E-state index contributed by atoms with van der Waals surface area (Å²) in [7, 11) is 0. The monoisotopic (exact) mass is 274 g/mol. The SMILES string of the molecule is CCNc1nc(N2CCC(C)C(C)C2)c2[nH]cnc2n1. The lowest BCUT2D eigenvalue weighted by Crippen LogP contribution is -2.39. The summed E-state index contributed by atoms with van der Waals surface area (Å²) in [5, 5.41) is 3.19. The molecule has 6 nitrogen and oxygen atoms in total. The van der Waals surface area contributed by atoms with E-state index < -0.39 is 0 Å². The third kappa shape index (κ3) is 2.30. The normalized spacial score (nSPS) is 23.2. The third-order valence-corrected chi connectivity index (χ3v) is 4.24. The number of piperidine rings is 1. The van der Waals surface area contributed by atoms with Gasteiger partial charge in [-0.1, -0.05) is 13.8 Å². The number of fused-ring (bicyclic) bond motifs is 1. The summed E-state index contributed by atoms with van der Waals surface area (Å²) in [5.41, 5.74) is 1.67. The molecule has 1 aliphatic rings. The Morgan fingerprint density at radius 3 is 2.95 bits per heavy atom. The first-order valence-corrected chi connectivity index (χ1v) is 7.39. The van der Waals surface area contributed by atoms with Crippen LogP contribution in [0.1, 0.15) is 27.2 Å². The number of hydrogen-bond acceptors (Lipinski definition) is 5. The van der Waals surface area contributed by atoms with Crippen LogP contribution in [0.4, 0.5) is 11.8 Å². The zero-order chi connectivity index (χ0) is 14.1. The van der Waals surface area contributed by atoms with Crippen LogP contribution in [0.3, 0.4) is 0 Å². The second-order valence-electron chi connectivity index (χ2n) is 5.69. The van der Waals surface area contributed by atoms with Crippen LogP contribution in [-0.2, 0) is 0 Å². The molecular formula is C14H22N6. The molecule has 3 rings (SSSR count). The number of anilines is 2. The molecule has 0 amide bonds. The Labute approximate surface area is 119 Å². The van der Waals surface area contributed by atoms with E-state index in [-0.39, 0.29) is 0 Å². The van der Waals surface area contributed by atoms with Gasteiger partial charge in [0.05, 0.1) is 6.33 Å². The number of nitrogens with one attached hydrogen (secondary N) is 2. The minimum Gasteiger partial charge on any atom is -0.354 e. The summed E-state index contributed by atoms with van der Waals surface area (Å²) in [6.07, 6.45) is 2.89. The minimum absolute atomic E-state index is 0.661. The summed E-state index contributed by atoms with van der Waals surface area (Å²) in [6, 6.07) is 0. The largest absolute Gasteiger partial charge is 0.354 e. The van der Waals surface area contributed by atoms with Gasteiger partial charge in [0.1, 0.15) is 5.52 Å². The molecule has 0 bridgehead atoms. The smallest absolute Gasteiger partial charge is 0.226 e. The predicted octanol–water partition coefficient (Wildman–Crippen LogP) is 2.27. The van der Waals surface area contributed by atoms with E-state index in [0.717, 1.165) is 42.5 Å². The molecule has 6 heteroatoms. The van der Waals surface area contributed by atoms with Gasteiger partial charge in [-0.2, -0.15) is 9.97 Å². The lowest BCUT2D eigenvalue weighted by Gasteiger charge is -2.36. The van der Waals surface area contributed by atoms with Crippen molar-refractivity contribution in [2.75, 3.05) is 29.9 Å². The van der Waals surface area contributed by atoms with Crippen LogP contribution in [0.2, 0.25) is 0 Å². The molecule has 0 spiro atoms. The van der Waals surface area contributed by atoms with Crippen molar-refractivity contribution in [2.24, 2.45) is 11.8 Å². The van der Waals surface area contributed by atoms with Crippen molar-refractivity contribution in [1.82, 2.24) is 19.9 Å². The number of H-pyrrole nitrogens is 1. The van der Waals surface area contributed by atoms with Crippen molar-refractivity contribution in [3.05, 3.63) is 6.33 Å². The van der Waals surface area contributed by atoms with E-state index >= 15 is 0 Å². The number of hydrogen-bond donors (Lipinski definition) is 2. The van der Waals surface area contributed by atoms with Gasteiger partial charge in [-0.25, -0.2) is 4.98 Å². The first-order chi connectivity index (χ1) is 9.69. The van der Waals surface area contributed by atoms with Gasteiger partial charge in [0.25, 0.3) is 0 Å². The number of aromatic amines is 1. The highest BCUT2D eigenvalue weighted by atomic mass is 15.3. The first kappa shape index (κ1) is 13.1. The van der Waals surface area contributed by atoms with Crippen molar-refractivity contribution < 1.29 is 0 Å². The highest BCUT2D eigenvalue weighted by Crippen LogP contribution is 2.29. The number of aromatic nitrogens is 4. The average molecular weight is 274 g/mol. The van der Waals surface area contributed by atoms with Crippen LogP contribution in [0, 0.1) is 11.8 Å². The topological polar surface area (TPSA) is 69.7 Å². The van der Waals surface area contributed by atoms with Crippen LogP contribution in [0.5, 0.6) is 0 Å². The summed E-state index contributed by atoms with van der Waals surface area (Å²) in [6.45, 7) is 9.58. The molecule has 2 N–H and O–H groups in total. The Morgan fingerprint density at radius 2 is 2.20 bits per heavy atom. The fourth-order valence-corrected chi connectivity index (χ4v) is 2.74. The molecule has 0 aromatic carbocycles. The highest BCUT2D eigenvalue weighted by Gasteiger charge is 2.25. The summed E-state index contributed by atoms with van der Waals surface area (Å²) in [4.78, 5) is 18.9. The Balaban J connectivity index is 1.98. The first-order valence-electron chi connectivity index (χ1n) is 7.39. The molecular weight excluding hydrogens is 252 g/mol. The van der Waals surface area contributed by atoms with Crippen molar-refractivity contribution in [3.63, 3.8) is 0 Å². The van der Waals surface area contributed by atoms with Gasteiger partial charge in [-0.15, -0.1) is 0 Å². The van der Waals surface area contributed by atoms with Gasteiger partial charge in [-0.05, 0) is 25.2 Å². The Bertz CT molecular complexity index is 592. The van der Waals surface area contributed by atoms with E-state index in [1.807, 2.05) is 6.92 Å². The lowest BCUT2D eigenvalue weighted by atomic mass is 9.89. The van der Waals surface area contributed by atoms with E-state index in [2.05, 4.69) is 44.0 Å². The van der Waals surface area contributed by atoms with E-state index in [9.17, 15) is 0 Å². The van der Waals surface area contributed by atoms with Crippen LogP contribution in [0.15, 0.2) is 6.33 Å². The number of imidazole rings is 1. The standard InChI is InChI=1S/C14H22N6/c1-4-15-14-18-12-11(16-8-17-12)13(19-14)20-6-5-9(2)10(3)7-20/h8-10H,4-7H2,1-3H3,(H2,15,16,17,18,19). The van der Waals surface area contributed by atoms with Crippen LogP contribution in [0.25, 0.3) is 11.2 Å². The molecule has 1 aliphatic heterocycles. The van der Waals surface area contributed by atoms with Crippen molar-refractivity contribution in [3.8, 4) is 0 Å². The minimum atomic E-state index is 0.661. The molecule has 108 valence electrons. The Kier molecular flexibility index (Phi) is 3.46. The molecule has 2 aromatic heterocycles. The second kappa shape index (κ2) is 5.26. The van der Waals surface area contributed by atoms with E-state index in [1.54, 1.807) is 6.33 Å². The summed E-state index contributed by atoms with van der Waals surface area (Å²) < 4.78 is 0. The molecule has 1 saturated heterocycles. The second-order valence-corrected chi connectivity index (χ2v) is 5.69. The van der Waals surface area contributed by atoms with Gasteiger partial charge >= 0.3 is 0 Å². The van der Waals surface area contributed by atoms with E-state index in [0.29, 0.717) is 11.9 Å². The van der Waals surface area contributed by atoms with E-state index in [4.69, 9.17) is 0 Å². The molecule has 2 atom stereocenters. The van der Waals surface area contributed by atoms with Gasteiger partial charge in [0, 0.05) is 19.6 Å². The molecule has 1 fully saturated rings. The lowest BCUT2D eigenvalue weighted by molar-refractivity contribution is 0.323. The van der Waals surface area contributed by atoms with Crippen LogP contribution < -0.4 is 10.2 Å². The van der Waals surface area contributed by atoms with Crippen molar-refractivity contribution in [2.45, 2.75) is 27.2 Å². The fraction of sp³-hybridized carbons (Fsp3) is 0.643. The predicted molar refractivity (Wildman–Crippen MR) is 81.0 cm³/mol. The Morgan fingerprint density at radius 1 is 1.35 bits per heavy atom. The maximum atomic E-state index is 4.68. The molecule has 0 saturated carbocycles. The quantitative estimate of drug-likeness (QED) is 0.898. The fourth-order valence-electron chi connectivity index (χ4n) is 2.74. The third-order valence-electron chi connectivity index (χ3n) is 4.24. The summed E-state index contributed by atoms with van der Waals surface area (Å²) in [5.74, 6) is 3.09. The zero-order valence-corrected chi connectivity index (χ0v) is 12.3. The van der Waals surface area contributed by atoms with E-state index in [1.165, 1.54) is 6.42 Å². The van der Waals surface area contributed by atoms with Crippen molar-refractivity contribution >= 4 is 22.9 Å². The molecule has 2 aromatic rings. The van der Waals surface area contributed by atoms with Gasteiger partial charge in [0.2, 0.25) is 5.95 Å². The summed E-state index contributed by atoms with van der Waals surface area (Å²) >= 11 is 0. The molecule has 0 radical (unpaired) electrons. The maximum Gasteiger partial charge on any atom is 0.226 e. The van der Waals surface area contributed by atoms with Gasteiger partial charge in [0.15, 0.2) is 11.5 Å². The Hall–Kier alpha value is -1.85. The van der Waals surface area contributed by atoms with Crippen molar-refractivity contribution in [1.29, 1.82) is 0 Å². The number of nitrogens with zero attached hydrogens (tertiary/aromatic N) is 4. The zero-order valence-electron chi connectivity index (χ0n) is 12.3. The number of rotatable bonds is 3. The molecule has 2 unspecified atom stereocenters. The van der Waals surface area contributed by atoms with Gasteiger partial charge in [-0.3, -0.25) is 0 Å².